The van der Waals surface area contributed by atoms with Gasteiger partial charge < -0.3 is 23.4 Å². The Morgan fingerprint density at radius 3 is 2.08 bits per heavy atom. The summed E-state index contributed by atoms with van der Waals surface area (Å²) >= 11 is 0. The highest BCUT2D eigenvalue weighted by atomic mass is 16.7. The van der Waals surface area contributed by atoms with E-state index in [0.29, 0.717) is 6.29 Å². The molecule has 1 aromatic heterocycles. The first-order valence-corrected chi connectivity index (χ1v) is 7.24. The van der Waals surface area contributed by atoms with Crippen LogP contribution in [-0.2, 0) is 9.47 Å². The standard InChI is InChI=1S/C16H14O9/c1-3-21-15(19)24-12-6-9-5-10(8-17)14(18)23-11(9)7-13(12)25-16(20)22-4-2/h5-8H,3-4H2,1-2H3. The third-order valence-electron chi connectivity index (χ3n) is 2.86. The summed E-state index contributed by atoms with van der Waals surface area (Å²) in [7, 11) is 0. The minimum Gasteiger partial charge on any atom is -0.434 e. The zero-order valence-electron chi connectivity index (χ0n) is 13.4. The molecule has 1 heterocycles. The molecule has 0 fully saturated rings. The van der Waals surface area contributed by atoms with Crippen LogP contribution in [0.5, 0.6) is 11.5 Å². The first-order valence-electron chi connectivity index (χ1n) is 7.24. The highest BCUT2D eigenvalue weighted by Gasteiger charge is 2.18. The number of hydrogen-bond acceptors (Lipinski definition) is 9. The normalized spacial score (nSPS) is 10.2. The number of hydrogen-bond donors (Lipinski definition) is 0. The van der Waals surface area contributed by atoms with Gasteiger partial charge in [-0.05, 0) is 26.0 Å². The summed E-state index contributed by atoms with van der Waals surface area (Å²) in [6.45, 7) is 3.31. The number of carbonyl (C=O) groups excluding carboxylic acids is 3. The quantitative estimate of drug-likeness (QED) is 0.347. The van der Waals surface area contributed by atoms with Crippen molar-refractivity contribution in [2.24, 2.45) is 0 Å². The van der Waals surface area contributed by atoms with Gasteiger partial charge in [0.2, 0.25) is 0 Å². The molecule has 1 aromatic carbocycles. The van der Waals surface area contributed by atoms with Gasteiger partial charge in [0.25, 0.3) is 0 Å². The molecular weight excluding hydrogens is 336 g/mol. The topological polar surface area (TPSA) is 118 Å². The van der Waals surface area contributed by atoms with Gasteiger partial charge in [0, 0.05) is 11.5 Å². The molecule has 2 aromatic rings. The Morgan fingerprint density at radius 2 is 1.56 bits per heavy atom. The molecule has 25 heavy (non-hydrogen) atoms. The average Bonchev–Trinajstić information content (AvgIpc) is 2.55. The Labute approximate surface area is 141 Å². The van der Waals surface area contributed by atoms with Gasteiger partial charge in [-0.3, -0.25) is 4.79 Å². The second kappa shape index (κ2) is 7.95. The van der Waals surface area contributed by atoms with Gasteiger partial charge in [0.05, 0.1) is 13.2 Å². The van der Waals surface area contributed by atoms with Crippen molar-refractivity contribution < 1.29 is 37.7 Å². The molecule has 0 aliphatic heterocycles. The molecule has 2 rings (SSSR count). The van der Waals surface area contributed by atoms with Crippen LogP contribution in [0.25, 0.3) is 11.0 Å². The predicted octanol–water partition coefficient (Wildman–Crippen LogP) is 2.68. The van der Waals surface area contributed by atoms with Crippen molar-refractivity contribution in [2.45, 2.75) is 13.8 Å². The Balaban J connectivity index is 2.52. The van der Waals surface area contributed by atoms with E-state index in [-0.39, 0.29) is 41.2 Å². The molecule has 0 amide bonds. The van der Waals surface area contributed by atoms with E-state index < -0.39 is 17.9 Å². The van der Waals surface area contributed by atoms with Gasteiger partial charge in [-0.2, -0.15) is 0 Å². The third kappa shape index (κ3) is 4.34. The largest absolute Gasteiger partial charge is 0.513 e. The van der Waals surface area contributed by atoms with Crippen LogP contribution in [0.2, 0.25) is 0 Å². The van der Waals surface area contributed by atoms with E-state index >= 15 is 0 Å². The lowest BCUT2D eigenvalue weighted by atomic mass is 10.2. The van der Waals surface area contributed by atoms with Crippen LogP contribution >= 0.6 is 0 Å². The summed E-state index contributed by atoms with van der Waals surface area (Å²) in [5.41, 5.74) is -1.05. The minimum absolute atomic E-state index is 0.0195. The van der Waals surface area contributed by atoms with Crippen molar-refractivity contribution in [3.63, 3.8) is 0 Å². The van der Waals surface area contributed by atoms with E-state index in [1.165, 1.54) is 12.1 Å². The van der Waals surface area contributed by atoms with Crippen LogP contribution in [0.3, 0.4) is 0 Å². The van der Waals surface area contributed by atoms with Gasteiger partial charge in [0.15, 0.2) is 17.8 Å². The monoisotopic (exact) mass is 350 g/mol. The molecule has 0 atom stereocenters. The summed E-state index contributed by atoms with van der Waals surface area (Å²) in [4.78, 5) is 45.5. The van der Waals surface area contributed by atoms with E-state index in [9.17, 15) is 19.2 Å². The van der Waals surface area contributed by atoms with E-state index in [0.717, 1.165) is 6.07 Å². The zero-order valence-corrected chi connectivity index (χ0v) is 13.4. The van der Waals surface area contributed by atoms with E-state index in [2.05, 4.69) is 9.47 Å². The predicted molar refractivity (Wildman–Crippen MR) is 83.2 cm³/mol. The number of ether oxygens (including phenoxy) is 4. The molecule has 0 N–H and O–H groups in total. The van der Waals surface area contributed by atoms with Crippen molar-refractivity contribution >= 4 is 29.6 Å². The summed E-state index contributed by atoms with van der Waals surface area (Å²) in [6, 6.07) is 3.67. The molecule has 0 saturated heterocycles. The Bertz CT molecular complexity index is 866. The van der Waals surface area contributed by atoms with Crippen LogP contribution < -0.4 is 15.1 Å². The fourth-order valence-corrected chi connectivity index (χ4v) is 1.86. The molecule has 0 aliphatic carbocycles. The van der Waals surface area contributed by atoms with Crippen LogP contribution in [0.4, 0.5) is 9.59 Å². The zero-order chi connectivity index (χ0) is 18.4. The molecule has 0 unspecified atom stereocenters. The summed E-state index contributed by atoms with van der Waals surface area (Å²) < 4.78 is 24.2. The first kappa shape index (κ1) is 18.0. The smallest absolute Gasteiger partial charge is 0.434 e. The van der Waals surface area contributed by atoms with Crippen LogP contribution in [0.1, 0.15) is 24.2 Å². The van der Waals surface area contributed by atoms with Crippen LogP contribution in [0, 0.1) is 0 Å². The van der Waals surface area contributed by atoms with E-state index in [1.54, 1.807) is 13.8 Å². The summed E-state index contributed by atoms with van der Waals surface area (Å²) in [5, 5.41) is 0.275. The Hall–Kier alpha value is -3.36. The second-order valence-corrected chi connectivity index (χ2v) is 4.51. The van der Waals surface area contributed by atoms with Gasteiger partial charge in [-0.25, -0.2) is 14.4 Å². The van der Waals surface area contributed by atoms with Crippen molar-refractivity contribution in [2.75, 3.05) is 13.2 Å². The van der Waals surface area contributed by atoms with Crippen molar-refractivity contribution in [3.8, 4) is 11.5 Å². The molecule has 0 spiro atoms. The second-order valence-electron chi connectivity index (χ2n) is 4.51. The molecule has 9 nitrogen and oxygen atoms in total. The number of aldehydes is 1. The summed E-state index contributed by atoms with van der Waals surface area (Å²) in [6.07, 6.45) is -1.73. The molecule has 0 bridgehead atoms. The molecule has 0 radical (unpaired) electrons. The molecular formula is C16H14O9. The fourth-order valence-electron chi connectivity index (χ4n) is 1.86. The van der Waals surface area contributed by atoms with Crippen LogP contribution in [0.15, 0.2) is 27.4 Å². The van der Waals surface area contributed by atoms with Crippen molar-refractivity contribution in [3.05, 3.63) is 34.2 Å². The molecule has 0 aliphatic rings. The lowest BCUT2D eigenvalue weighted by molar-refractivity contribution is 0.0940. The van der Waals surface area contributed by atoms with Crippen LogP contribution in [-0.4, -0.2) is 31.8 Å². The summed E-state index contributed by atoms with van der Waals surface area (Å²) in [5.74, 6) is -0.397. The maximum absolute atomic E-state index is 11.6. The average molecular weight is 350 g/mol. The number of rotatable bonds is 5. The van der Waals surface area contributed by atoms with Gasteiger partial charge >= 0.3 is 17.9 Å². The van der Waals surface area contributed by atoms with Crippen molar-refractivity contribution in [1.82, 2.24) is 0 Å². The fraction of sp³-hybridized carbons (Fsp3) is 0.250. The highest BCUT2D eigenvalue weighted by molar-refractivity contribution is 5.87. The SMILES string of the molecule is CCOC(=O)Oc1cc2cc(C=O)c(=O)oc2cc1OC(=O)OCC. The van der Waals surface area contributed by atoms with Gasteiger partial charge in [-0.15, -0.1) is 0 Å². The minimum atomic E-state index is -1.04. The number of carbonyl (C=O) groups is 3. The van der Waals surface area contributed by atoms with Gasteiger partial charge in [0.1, 0.15) is 11.1 Å². The Morgan fingerprint density at radius 1 is 1.00 bits per heavy atom. The Kier molecular flexibility index (Phi) is 5.72. The maximum atomic E-state index is 11.6. The number of benzene rings is 1. The molecule has 9 heteroatoms. The maximum Gasteiger partial charge on any atom is 0.513 e. The number of fused-ring (bicyclic) bond motifs is 1. The van der Waals surface area contributed by atoms with E-state index in [4.69, 9.17) is 13.9 Å². The van der Waals surface area contributed by atoms with Crippen molar-refractivity contribution in [1.29, 1.82) is 0 Å². The highest BCUT2D eigenvalue weighted by Crippen LogP contribution is 2.33. The van der Waals surface area contributed by atoms with E-state index in [1.807, 2.05) is 0 Å². The lowest BCUT2D eigenvalue weighted by Crippen LogP contribution is -2.14. The lowest BCUT2D eigenvalue weighted by Gasteiger charge is -2.11. The van der Waals surface area contributed by atoms with Gasteiger partial charge in [-0.1, -0.05) is 0 Å². The first-order chi connectivity index (χ1) is 12.0. The molecule has 0 saturated carbocycles. The molecule has 132 valence electrons. The third-order valence-corrected chi connectivity index (χ3v) is 2.86.